The normalized spacial score (nSPS) is 10.8. The number of aromatic nitrogens is 3. The average Bonchev–Trinajstić information content (AvgIpc) is 3.22. The molecule has 0 saturated heterocycles. The zero-order chi connectivity index (χ0) is 17.1. The molecule has 122 valence electrons. The molecule has 0 radical (unpaired) electrons. The highest BCUT2D eigenvalue weighted by Crippen LogP contribution is 2.17. The summed E-state index contributed by atoms with van der Waals surface area (Å²) in [5.74, 6) is -2.27. The monoisotopic (exact) mass is 331 g/mol. The molecule has 2 heterocycles. The van der Waals surface area contributed by atoms with Gasteiger partial charge in [0.2, 0.25) is 11.6 Å². The number of ketones is 2. The van der Waals surface area contributed by atoms with Crippen molar-refractivity contribution in [2.75, 3.05) is 0 Å². The van der Waals surface area contributed by atoms with E-state index in [1.807, 2.05) is 0 Å². The van der Waals surface area contributed by atoms with Crippen molar-refractivity contribution in [2.45, 2.75) is 12.8 Å². The van der Waals surface area contributed by atoms with Gasteiger partial charge in [-0.3, -0.25) is 14.7 Å². The standard InChI is InChI=1S/C16H11F2N3O3/c17-10-1-4-13(18)9(5-10)6-11-2-3-12(24-11)7-14(22)15(23)16-19-8-20-21-16/h1-5,8H,6-7H2,(H,19,20,21). The Kier molecular flexibility index (Phi) is 4.28. The minimum absolute atomic E-state index is 0.0344. The van der Waals surface area contributed by atoms with Gasteiger partial charge in [0.05, 0.1) is 6.42 Å². The molecule has 0 aliphatic heterocycles. The Balaban J connectivity index is 1.68. The van der Waals surface area contributed by atoms with Crippen LogP contribution in [0, 0.1) is 11.6 Å². The average molecular weight is 331 g/mol. The molecule has 0 saturated carbocycles. The number of aromatic amines is 1. The highest BCUT2D eigenvalue weighted by atomic mass is 19.1. The second-order valence-electron chi connectivity index (χ2n) is 5.03. The SMILES string of the molecule is O=C(Cc1ccc(Cc2cc(F)ccc2F)o1)C(=O)c1nc[nH]n1. The van der Waals surface area contributed by atoms with Gasteiger partial charge in [0.1, 0.15) is 29.5 Å². The zero-order valence-electron chi connectivity index (χ0n) is 12.3. The van der Waals surface area contributed by atoms with Crippen molar-refractivity contribution in [3.05, 3.63) is 71.2 Å². The van der Waals surface area contributed by atoms with Gasteiger partial charge in [0, 0.05) is 6.42 Å². The molecule has 1 N–H and O–H groups in total. The number of rotatable bonds is 6. The van der Waals surface area contributed by atoms with Gasteiger partial charge in [-0.15, -0.1) is 5.10 Å². The Morgan fingerprint density at radius 3 is 2.67 bits per heavy atom. The maximum absolute atomic E-state index is 13.6. The lowest BCUT2D eigenvalue weighted by Crippen LogP contribution is -2.17. The van der Waals surface area contributed by atoms with E-state index in [4.69, 9.17) is 4.42 Å². The van der Waals surface area contributed by atoms with Crippen molar-refractivity contribution in [1.29, 1.82) is 0 Å². The van der Waals surface area contributed by atoms with Crippen molar-refractivity contribution in [3.63, 3.8) is 0 Å². The Labute approximate surface area is 134 Å². The second-order valence-corrected chi connectivity index (χ2v) is 5.03. The van der Waals surface area contributed by atoms with Gasteiger partial charge in [-0.1, -0.05) is 0 Å². The topological polar surface area (TPSA) is 88.9 Å². The number of carbonyl (C=O) groups excluding carboxylic acids is 2. The van der Waals surface area contributed by atoms with E-state index in [9.17, 15) is 18.4 Å². The van der Waals surface area contributed by atoms with E-state index in [0.29, 0.717) is 5.76 Å². The van der Waals surface area contributed by atoms with Crippen LogP contribution in [0.3, 0.4) is 0 Å². The number of nitrogens with one attached hydrogen (secondary N) is 1. The molecule has 2 aromatic heterocycles. The number of nitrogens with zero attached hydrogens (tertiary/aromatic N) is 2. The fourth-order valence-corrected chi connectivity index (χ4v) is 2.16. The van der Waals surface area contributed by atoms with E-state index in [0.717, 1.165) is 18.2 Å². The number of hydrogen-bond donors (Lipinski definition) is 1. The molecule has 1 aromatic carbocycles. The summed E-state index contributed by atoms with van der Waals surface area (Å²) in [7, 11) is 0. The van der Waals surface area contributed by atoms with E-state index in [1.54, 1.807) is 6.07 Å². The molecule has 0 amide bonds. The van der Waals surface area contributed by atoms with Crippen LogP contribution in [0.4, 0.5) is 8.78 Å². The van der Waals surface area contributed by atoms with Crippen LogP contribution in [0.5, 0.6) is 0 Å². The first-order chi connectivity index (χ1) is 11.5. The lowest BCUT2D eigenvalue weighted by atomic mass is 10.1. The van der Waals surface area contributed by atoms with Gasteiger partial charge in [-0.2, -0.15) is 0 Å². The summed E-state index contributed by atoms with van der Waals surface area (Å²) < 4.78 is 32.2. The van der Waals surface area contributed by atoms with Crippen LogP contribution in [0.15, 0.2) is 41.1 Å². The second kappa shape index (κ2) is 6.53. The van der Waals surface area contributed by atoms with Crippen LogP contribution in [-0.4, -0.2) is 26.7 Å². The molecule has 8 heteroatoms. The fraction of sp³-hybridized carbons (Fsp3) is 0.125. The lowest BCUT2D eigenvalue weighted by Gasteiger charge is -2.01. The molecular formula is C16H11F2N3O3. The van der Waals surface area contributed by atoms with Gasteiger partial charge in [-0.05, 0) is 35.9 Å². The first kappa shape index (κ1) is 15.7. The predicted molar refractivity (Wildman–Crippen MR) is 77.3 cm³/mol. The van der Waals surface area contributed by atoms with Crippen LogP contribution in [0.25, 0.3) is 0 Å². The Hall–Kier alpha value is -3.16. The van der Waals surface area contributed by atoms with Crippen molar-refractivity contribution >= 4 is 11.6 Å². The summed E-state index contributed by atoms with van der Waals surface area (Å²) in [5, 5.41) is 5.89. The first-order valence-electron chi connectivity index (χ1n) is 6.98. The molecule has 0 aliphatic rings. The minimum Gasteiger partial charge on any atom is -0.465 e. The number of carbonyl (C=O) groups is 2. The van der Waals surface area contributed by atoms with E-state index in [1.165, 1.54) is 12.4 Å². The van der Waals surface area contributed by atoms with Crippen LogP contribution in [-0.2, 0) is 17.6 Å². The number of H-pyrrole nitrogens is 1. The number of Topliss-reactive ketones (excluding diaryl/α,β-unsaturated/α-hetero) is 2. The zero-order valence-corrected chi connectivity index (χ0v) is 12.3. The van der Waals surface area contributed by atoms with E-state index >= 15 is 0 Å². The number of hydrogen-bond acceptors (Lipinski definition) is 5. The summed E-state index contributed by atoms with van der Waals surface area (Å²) in [6.45, 7) is 0. The molecule has 6 nitrogen and oxygen atoms in total. The molecule has 0 spiro atoms. The van der Waals surface area contributed by atoms with Gasteiger partial charge in [0.15, 0.2) is 0 Å². The summed E-state index contributed by atoms with van der Waals surface area (Å²) in [6, 6.07) is 6.20. The number of halogens is 2. The van der Waals surface area contributed by atoms with E-state index < -0.39 is 23.2 Å². The van der Waals surface area contributed by atoms with Crippen LogP contribution >= 0.6 is 0 Å². The van der Waals surface area contributed by atoms with Crippen molar-refractivity contribution < 1.29 is 22.8 Å². The third kappa shape index (κ3) is 3.43. The van der Waals surface area contributed by atoms with Crippen LogP contribution < -0.4 is 0 Å². The third-order valence-electron chi connectivity index (χ3n) is 3.30. The molecule has 3 rings (SSSR count). The molecule has 0 unspecified atom stereocenters. The molecule has 0 bridgehead atoms. The molecular weight excluding hydrogens is 320 g/mol. The number of furan rings is 1. The van der Waals surface area contributed by atoms with Gasteiger partial charge >= 0.3 is 0 Å². The molecule has 0 aliphatic carbocycles. The number of benzene rings is 1. The van der Waals surface area contributed by atoms with Crippen LogP contribution in [0.1, 0.15) is 27.7 Å². The van der Waals surface area contributed by atoms with Gasteiger partial charge in [0.25, 0.3) is 5.78 Å². The Bertz CT molecular complexity index is 888. The summed E-state index contributed by atoms with van der Waals surface area (Å²) in [5.41, 5.74) is 0.138. The molecule has 3 aromatic rings. The highest BCUT2D eigenvalue weighted by Gasteiger charge is 2.21. The smallest absolute Gasteiger partial charge is 0.268 e. The van der Waals surface area contributed by atoms with Gasteiger partial charge in [-0.25, -0.2) is 13.8 Å². The maximum atomic E-state index is 13.6. The van der Waals surface area contributed by atoms with Crippen molar-refractivity contribution in [3.8, 4) is 0 Å². The summed E-state index contributed by atoms with van der Waals surface area (Å²) >= 11 is 0. The third-order valence-corrected chi connectivity index (χ3v) is 3.30. The molecule has 24 heavy (non-hydrogen) atoms. The Morgan fingerprint density at radius 1 is 1.12 bits per heavy atom. The quantitative estimate of drug-likeness (QED) is 0.553. The van der Waals surface area contributed by atoms with E-state index in [2.05, 4.69) is 15.2 Å². The van der Waals surface area contributed by atoms with E-state index in [-0.39, 0.29) is 30.0 Å². The van der Waals surface area contributed by atoms with Crippen LogP contribution in [0.2, 0.25) is 0 Å². The molecule has 0 atom stereocenters. The first-order valence-corrected chi connectivity index (χ1v) is 6.98. The summed E-state index contributed by atoms with van der Waals surface area (Å²) in [4.78, 5) is 27.2. The largest absolute Gasteiger partial charge is 0.465 e. The van der Waals surface area contributed by atoms with Gasteiger partial charge < -0.3 is 4.42 Å². The Morgan fingerprint density at radius 2 is 1.92 bits per heavy atom. The lowest BCUT2D eigenvalue weighted by molar-refractivity contribution is -0.114. The summed E-state index contributed by atoms with van der Waals surface area (Å²) in [6.07, 6.45) is 0.963. The minimum atomic E-state index is -0.828. The predicted octanol–water partition coefficient (Wildman–Crippen LogP) is 2.26. The van der Waals surface area contributed by atoms with Crippen molar-refractivity contribution in [2.24, 2.45) is 0 Å². The highest BCUT2D eigenvalue weighted by molar-refractivity contribution is 6.42. The fourth-order valence-electron chi connectivity index (χ4n) is 2.16. The maximum Gasteiger partial charge on any atom is 0.268 e. The van der Waals surface area contributed by atoms with Crippen molar-refractivity contribution in [1.82, 2.24) is 15.2 Å². The molecule has 0 fully saturated rings.